The van der Waals surface area contributed by atoms with Gasteiger partial charge in [0.25, 0.3) is 11.5 Å². The van der Waals surface area contributed by atoms with E-state index in [-0.39, 0.29) is 35.4 Å². The molecule has 1 aliphatic rings. The van der Waals surface area contributed by atoms with Crippen molar-refractivity contribution in [3.8, 4) is 11.1 Å². The Kier molecular flexibility index (Phi) is 6.84. The Balaban J connectivity index is 1.75. The molecule has 4 rings (SSSR count). The third kappa shape index (κ3) is 4.98. The van der Waals surface area contributed by atoms with Crippen LogP contribution in [0, 0.1) is 12.7 Å². The number of nitrogens with one attached hydrogen (secondary N) is 1. The van der Waals surface area contributed by atoms with Crippen LogP contribution in [0.1, 0.15) is 60.0 Å². The van der Waals surface area contributed by atoms with Gasteiger partial charge in [0.05, 0.1) is 6.54 Å². The SMILES string of the molecule is Cc1c(-c2ccccc2)cn(Cc2ccc(F)cc2)c(=O)c1C(=O)NC1CCCCCC1. The highest BCUT2D eigenvalue weighted by Gasteiger charge is 2.23. The maximum atomic E-state index is 13.4. The Morgan fingerprint density at radius 3 is 2.31 bits per heavy atom. The number of rotatable bonds is 5. The third-order valence-corrected chi connectivity index (χ3v) is 6.31. The Morgan fingerprint density at radius 1 is 1.00 bits per heavy atom. The van der Waals surface area contributed by atoms with Gasteiger partial charge in [-0.25, -0.2) is 4.39 Å². The van der Waals surface area contributed by atoms with Crippen LogP contribution in [0.15, 0.2) is 65.6 Å². The molecule has 1 saturated carbocycles. The normalized spacial score (nSPS) is 14.7. The van der Waals surface area contributed by atoms with Crippen LogP contribution in [0.2, 0.25) is 0 Å². The zero-order chi connectivity index (χ0) is 22.5. The predicted molar refractivity (Wildman–Crippen MR) is 125 cm³/mol. The summed E-state index contributed by atoms with van der Waals surface area (Å²) < 4.78 is 14.9. The molecule has 5 heteroatoms. The van der Waals surface area contributed by atoms with Crippen LogP contribution in [0.25, 0.3) is 11.1 Å². The summed E-state index contributed by atoms with van der Waals surface area (Å²) in [4.78, 5) is 26.7. The van der Waals surface area contributed by atoms with Crippen LogP contribution >= 0.6 is 0 Å². The van der Waals surface area contributed by atoms with Gasteiger partial charge >= 0.3 is 0 Å². The molecule has 3 aromatic rings. The molecule has 2 aromatic carbocycles. The Hall–Kier alpha value is -3.21. The monoisotopic (exact) mass is 432 g/mol. The maximum absolute atomic E-state index is 13.4. The van der Waals surface area contributed by atoms with Crippen molar-refractivity contribution in [1.29, 1.82) is 0 Å². The van der Waals surface area contributed by atoms with Crippen molar-refractivity contribution in [3.05, 3.63) is 93.7 Å². The highest BCUT2D eigenvalue weighted by Crippen LogP contribution is 2.25. The molecule has 0 radical (unpaired) electrons. The lowest BCUT2D eigenvalue weighted by molar-refractivity contribution is 0.0930. The number of nitrogens with zero attached hydrogens (tertiary/aromatic N) is 1. The summed E-state index contributed by atoms with van der Waals surface area (Å²) in [5.74, 6) is -0.622. The molecule has 32 heavy (non-hydrogen) atoms. The molecule has 0 spiro atoms. The van der Waals surface area contributed by atoms with Crippen LogP contribution in [0.3, 0.4) is 0 Å². The number of amides is 1. The van der Waals surface area contributed by atoms with Crippen LogP contribution in [0.4, 0.5) is 4.39 Å². The van der Waals surface area contributed by atoms with Crippen molar-refractivity contribution in [2.24, 2.45) is 0 Å². The average Bonchev–Trinajstić information content (AvgIpc) is 3.06. The fraction of sp³-hybridized carbons (Fsp3) is 0.333. The van der Waals surface area contributed by atoms with Crippen molar-refractivity contribution in [1.82, 2.24) is 9.88 Å². The first-order valence-corrected chi connectivity index (χ1v) is 11.4. The van der Waals surface area contributed by atoms with Crippen LogP contribution in [-0.4, -0.2) is 16.5 Å². The smallest absolute Gasteiger partial charge is 0.264 e. The standard InChI is InChI=1S/C27H29FN2O2/c1-19-24(21-9-5-4-6-10-21)18-30(17-20-13-15-22(28)16-14-20)27(32)25(19)26(31)29-23-11-7-2-3-8-12-23/h4-6,9-10,13-16,18,23H,2-3,7-8,11-12,17H2,1H3,(H,29,31). The van der Waals surface area contributed by atoms with Crippen molar-refractivity contribution < 1.29 is 9.18 Å². The van der Waals surface area contributed by atoms with Crippen LogP contribution < -0.4 is 10.9 Å². The third-order valence-electron chi connectivity index (χ3n) is 6.31. The summed E-state index contributed by atoms with van der Waals surface area (Å²) in [5.41, 5.74) is 3.14. The first-order chi connectivity index (χ1) is 15.5. The van der Waals surface area contributed by atoms with E-state index < -0.39 is 0 Å². The Labute approximate surface area is 188 Å². The molecule has 1 fully saturated rings. The fourth-order valence-electron chi connectivity index (χ4n) is 4.51. The number of hydrogen-bond acceptors (Lipinski definition) is 2. The molecule has 166 valence electrons. The second-order valence-corrected chi connectivity index (χ2v) is 8.63. The van der Waals surface area contributed by atoms with E-state index in [1.165, 1.54) is 25.0 Å². The summed E-state index contributed by atoms with van der Waals surface area (Å²) in [6.07, 6.45) is 8.29. The minimum absolute atomic E-state index is 0.106. The molecule has 1 heterocycles. The number of benzene rings is 2. The van der Waals surface area contributed by atoms with E-state index in [1.54, 1.807) is 22.9 Å². The number of pyridine rings is 1. The van der Waals surface area contributed by atoms with E-state index in [4.69, 9.17) is 0 Å². The van der Waals surface area contributed by atoms with Crippen molar-refractivity contribution in [3.63, 3.8) is 0 Å². The van der Waals surface area contributed by atoms with Gasteiger partial charge in [0, 0.05) is 17.8 Å². The number of aromatic nitrogens is 1. The van der Waals surface area contributed by atoms with E-state index in [1.807, 2.05) is 37.3 Å². The van der Waals surface area contributed by atoms with Crippen LogP contribution in [0.5, 0.6) is 0 Å². The summed E-state index contributed by atoms with van der Waals surface area (Å²) in [6, 6.07) is 16.0. The van der Waals surface area contributed by atoms with Gasteiger partial charge in [0.2, 0.25) is 0 Å². The lowest BCUT2D eigenvalue weighted by Gasteiger charge is -2.19. The number of carbonyl (C=O) groups is 1. The van der Waals surface area contributed by atoms with Gasteiger partial charge in [-0.2, -0.15) is 0 Å². The van der Waals surface area contributed by atoms with E-state index in [9.17, 15) is 14.0 Å². The molecular weight excluding hydrogens is 403 g/mol. The zero-order valence-corrected chi connectivity index (χ0v) is 18.4. The van der Waals surface area contributed by atoms with Crippen molar-refractivity contribution >= 4 is 5.91 Å². The Bertz CT molecular complexity index is 1130. The van der Waals surface area contributed by atoms with E-state index in [2.05, 4.69) is 5.32 Å². The maximum Gasteiger partial charge on any atom is 0.264 e. The van der Waals surface area contributed by atoms with Gasteiger partial charge in [-0.05, 0) is 48.6 Å². The zero-order valence-electron chi connectivity index (χ0n) is 18.4. The molecule has 4 nitrogen and oxygen atoms in total. The lowest BCUT2D eigenvalue weighted by atomic mass is 9.97. The molecule has 0 aliphatic heterocycles. The van der Waals surface area contributed by atoms with Gasteiger partial charge in [-0.15, -0.1) is 0 Å². The Morgan fingerprint density at radius 2 is 1.66 bits per heavy atom. The second-order valence-electron chi connectivity index (χ2n) is 8.63. The van der Waals surface area contributed by atoms with E-state index in [0.717, 1.165) is 42.4 Å². The van der Waals surface area contributed by atoms with Gasteiger partial charge < -0.3 is 9.88 Å². The summed E-state index contributed by atoms with van der Waals surface area (Å²) >= 11 is 0. The van der Waals surface area contributed by atoms with E-state index in [0.29, 0.717) is 5.56 Å². The highest BCUT2D eigenvalue weighted by atomic mass is 19.1. The molecule has 0 unspecified atom stereocenters. The van der Waals surface area contributed by atoms with Gasteiger partial charge in [0.15, 0.2) is 0 Å². The van der Waals surface area contributed by atoms with E-state index >= 15 is 0 Å². The predicted octanol–water partition coefficient (Wildman–Crippen LogP) is 5.46. The van der Waals surface area contributed by atoms with Crippen molar-refractivity contribution in [2.45, 2.75) is 58.0 Å². The lowest BCUT2D eigenvalue weighted by Crippen LogP contribution is -2.39. The first-order valence-electron chi connectivity index (χ1n) is 11.4. The summed E-state index contributed by atoms with van der Waals surface area (Å²) in [5, 5.41) is 3.13. The molecule has 1 aliphatic carbocycles. The molecular formula is C27H29FN2O2. The molecule has 0 atom stereocenters. The quantitative estimate of drug-likeness (QED) is 0.544. The fourth-order valence-corrected chi connectivity index (χ4v) is 4.51. The molecule has 0 saturated heterocycles. The molecule has 1 aromatic heterocycles. The number of carbonyl (C=O) groups excluding carboxylic acids is 1. The largest absolute Gasteiger partial charge is 0.349 e. The second kappa shape index (κ2) is 9.94. The molecule has 1 N–H and O–H groups in total. The minimum atomic E-state index is -0.322. The summed E-state index contributed by atoms with van der Waals surface area (Å²) in [6.45, 7) is 2.11. The van der Waals surface area contributed by atoms with Gasteiger partial charge in [0.1, 0.15) is 11.4 Å². The highest BCUT2D eigenvalue weighted by molar-refractivity contribution is 5.97. The van der Waals surface area contributed by atoms with Gasteiger partial charge in [-0.3, -0.25) is 9.59 Å². The van der Waals surface area contributed by atoms with Gasteiger partial charge in [-0.1, -0.05) is 68.1 Å². The van der Waals surface area contributed by atoms with Crippen LogP contribution in [-0.2, 0) is 6.54 Å². The average molecular weight is 433 g/mol. The molecule has 0 bridgehead atoms. The number of hydrogen-bond donors (Lipinski definition) is 1. The topological polar surface area (TPSA) is 51.1 Å². The molecule has 1 amide bonds. The number of halogens is 1. The van der Waals surface area contributed by atoms with Crippen molar-refractivity contribution in [2.75, 3.05) is 0 Å². The summed E-state index contributed by atoms with van der Waals surface area (Å²) in [7, 11) is 0. The first kappa shape index (κ1) is 22.0. The minimum Gasteiger partial charge on any atom is -0.349 e.